The summed E-state index contributed by atoms with van der Waals surface area (Å²) >= 11 is 0. The number of carbonyl (C=O) groups is 4. The van der Waals surface area contributed by atoms with Crippen LogP contribution in [0.5, 0.6) is 0 Å². The number of imide groups is 2. The van der Waals surface area contributed by atoms with Crippen LogP contribution in [0.1, 0.15) is 104 Å². The molecule has 2 saturated carbocycles. The quantitative estimate of drug-likeness (QED) is 0.170. The second kappa shape index (κ2) is 12.4. The van der Waals surface area contributed by atoms with Crippen LogP contribution in [-0.4, -0.2) is 70.0 Å². The van der Waals surface area contributed by atoms with Crippen molar-refractivity contribution in [3.05, 3.63) is 118 Å². The van der Waals surface area contributed by atoms with Crippen LogP contribution in [0.3, 0.4) is 0 Å². The molecule has 2 aliphatic carbocycles. The van der Waals surface area contributed by atoms with Gasteiger partial charge in [0.15, 0.2) is 0 Å². The van der Waals surface area contributed by atoms with E-state index < -0.39 is 23.6 Å². The average Bonchev–Trinajstić information content (AvgIpc) is 3.13. The van der Waals surface area contributed by atoms with Gasteiger partial charge in [0.2, 0.25) is 0 Å². The van der Waals surface area contributed by atoms with Crippen LogP contribution in [0.15, 0.2) is 94.9 Å². The van der Waals surface area contributed by atoms with Crippen LogP contribution in [0, 0.1) is 0 Å². The molecule has 4 aliphatic rings. The molecule has 0 N–H and O–H groups in total. The Kier molecular flexibility index (Phi) is 7.79. The molecule has 0 saturated heterocycles. The maximum absolute atomic E-state index is 14.2. The first-order valence-corrected chi connectivity index (χ1v) is 17.0. The number of amides is 4. The Hall–Kier alpha value is -5.24. The van der Waals surface area contributed by atoms with Crippen molar-refractivity contribution in [1.82, 2.24) is 9.80 Å². The summed E-state index contributed by atoms with van der Waals surface area (Å²) in [7, 11) is 0. The molecular weight excluding hydrogens is 600 g/mol. The molecule has 2 fully saturated rings. The lowest BCUT2D eigenvalue weighted by molar-refractivity contribution is 0.0460. The van der Waals surface area contributed by atoms with E-state index in [-0.39, 0.29) is 24.2 Å². The second-order valence-electron chi connectivity index (χ2n) is 13.2. The number of carbonyl (C=O) groups excluding carboxylic acids is 4. The first kappa shape index (κ1) is 30.1. The van der Waals surface area contributed by atoms with E-state index in [0.29, 0.717) is 45.9 Å². The SMILES string of the molecule is O=C1c2ccc3c4c(ccc(c24)C(=O)N1[C@H]1CCCC[C@@H]1N=Cc1ccccc1)C(=O)N([C@H]1CCCC[C@@H]1N=Cc1ccccc1)C3=O. The molecule has 0 bridgehead atoms. The van der Waals surface area contributed by atoms with Gasteiger partial charge < -0.3 is 0 Å². The van der Waals surface area contributed by atoms with Crippen LogP contribution in [-0.2, 0) is 0 Å². The Balaban J connectivity index is 1.13. The topological polar surface area (TPSA) is 99.5 Å². The lowest BCUT2D eigenvalue weighted by Gasteiger charge is -2.41. The second-order valence-corrected chi connectivity index (χ2v) is 13.2. The van der Waals surface area contributed by atoms with Crippen LogP contribution in [0.4, 0.5) is 0 Å². The zero-order valence-corrected chi connectivity index (χ0v) is 26.6. The van der Waals surface area contributed by atoms with Crippen LogP contribution in [0.25, 0.3) is 10.8 Å². The number of aliphatic imine (C=N–C) groups is 2. The van der Waals surface area contributed by atoms with Crippen LogP contribution >= 0.6 is 0 Å². The van der Waals surface area contributed by atoms with Crippen molar-refractivity contribution in [2.24, 2.45) is 9.98 Å². The Bertz CT molecular complexity index is 1790. The maximum atomic E-state index is 14.2. The highest BCUT2D eigenvalue weighted by Crippen LogP contribution is 2.41. The van der Waals surface area contributed by atoms with Crippen molar-refractivity contribution in [3.63, 3.8) is 0 Å². The molecule has 0 unspecified atom stereocenters. The molecule has 0 spiro atoms. The number of hydrogen-bond acceptors (Lipinski definition) is 6. The highest BCUT2D eigenvalue weighted by molar-refractivity contribution is 6.33. The summed E-state index contributed by atoms with van der Waals surface area (Å²) in [6, 6.07) is 25.1. The van der Waals surface area contributed by atoms with Gasteiger partial charge in [-0.25, -0.2) is 0 Å². The molecule has 4 aromatic carbocycles. The van der Waals surface area contributed by atoms with Gasteiger partial charge in [0.05, 0.1) is 24.2 Å². The predicted molar refractivity (Wildman–Crippen MR) is 185 cm³/mol. The largest absolute Gasteiger partial charge is 0.287 e. The normalized spacial score (nSPS) is 24.3. The van der Waals surface area contributed by atoms with E-state index in [9.17, 15) is 19.2 Å². The third-order valence-corrected chi connectivity index (χ3v) is 10.4. The summed E-state index contributed by atoms with van der Waals surface area (Å²) in [6.45, 7) is 0. The summed E-state index contributed by atoms with van der Waals surface area (Å²) in [6.07, 6.45) is 10.3. The molecule has 4 amide bonds. The third kappa shape index (κ3) is 5.07. The summed E-state index contributed by atoms with van der Waals surface area (Å²) in [5, 5.41) is 0.806. The fourth-order valence-electron chi connectivity index (χ4n) is 8.09. The molecule has 0 aromatic heterocycles. The first-order chi connectivity index (χ1) is 23.5. The molecule has 48 heavy (non-hydrogen) atoms. The molecule has 2 heterocycles. The zero-order chi connectivity index (χ0) is 32.8. The monoisotopic (exact) mass is 636 g/mol. The molecule has 8 heteroatoms. The standard InChI is InChI=1S/C40H36N4O4/c45-37-27-19-21-29-36-30(40(48)44(39(29)47)34-18-10-8-16-32(34)42-24-26-13-5-2-6-14-26)22-20-28(35(27)36)38(46)43(37)33-17-9-7-15-31(33)41-23-25-11-3-1-4-12-25/h1-6,11-14,19-24,31-34H,7-10,15-18H2/t31-,32-,33-,34-/m0/s1. The molecular formula is C40H36N4O4. The summed E-state index contributed by atoms with van der Waals surface area (Å²) < 4.78 is 0. The van der Waals surface area contributed by atoms with E-state index >= 15 is 0 Å². The van der Waals surface area contributed by atoms with Gasteiger partial charge >= 0.3 is 0 Å². The summed E-state index contributed by atoms with van der Waals surface area (Å²) in [5.74, 6) is -1.58. The van der Waals surface area contributed by atoms with E-state index in [2.05, 4.69) is 0 Å². The van der Waals surface area contributed by atoms with E-state index in [1.165, 1.54) is 9.80 Å². The molecule has 240 valence electrons. The number of rotatable bonds is 6. The van der Waals surface area contributed by atoms with Crippen LogP contribution in [0.2, 0.25) is 0 Å². The Morgan fingerprint density at radius 2 is 0.792 bits per heavy atom. The van der Waals surface area contributed by atoms with Gasteiger partial charge in [-0.2, -0.15) is 0 Å². The van der Waals surface area contributed by atoms with E-state index in [4.69, 9.17) is 9.98 Å². The van der Waals surface area contributed by atoms with Gasteiger partial charge in [0, 0.05) is 45.5 Å². The fourth-order valence-corrected chi connectivity index (χ4v) is 8.09. The summed E-state index contributed by atoms with van der Waals surface area (Å²) in [4.78, 5) is 69.4. The number of nitrogens with zero attached hydrogens (tertiary/aromatic N) is 4. The van der Waals surface area contributed by atoms with Crippen molar-refractivity contribution >= 4 is 46.8 Å². The maximum Gasteiger partial charge on any atom is 0.261 e. The van der Waals surface area contributed by atoms with E-state index in [1.807, 2.05) is 73.1 Å². The smallest absolute Gasteiger partial charge is 0.261 e. The fraction of sp³-hybridized carbons (Fsp3) is 0.300. The van der Waals surface area contributed by atoms with Crippen molar-refractivity contribution in [2.75, 3.05) is 0 Å². The lowest BCUT2D eigenvalue weighted by Crippen LogP contribution is -2.54. The van der Waals surface area contributed by atoms with Gasteiger partial charge in [0.25, 0.3) is 23.6 Å². The molecule has 4 aromatic rings. The van der Waals surface area contributed by atoms with Gasteiger partial charge in [-0.3, -0.25) is 39.0 Å². The van der Waals surface area contributed by atoms with Gasteiger partial charge in [-0.1, -0.05) is 86.3 Å². The summed E-state index contributed by atoms with van der Waals surface area (Å²) in [5.41, 5.74) is 3.32. The van der Waals surface area contributed by atoms with Gasteiger partial charge in [0.1, 0.15) is 0 Å². The zero-order valence-electron chi connectivity index (χ0n) is 26.6. The Morgan fingerprint density at radius 3 is 1.15 bits per heavy atom. The Morgan fingerprint density at radius 1 is 0.458 bits per heavy atom. The molecule has 2 aliphatic heterocycles. The minimum absolute atomic E-state index is 0.217. The van der Waals surface area contributed by atoms with Gasteiger partial charge in [-0.15, -0.1) is 0 Å². The number of benzene rings is 4. The van der Waals surface area contributed by atoms with Crippen molar-refractivity contribution in [1.29, 1.82) is 0 Å². The Labute approximate surface area is 279 Å². The number of hydrogen-bond donors (Lipinski definition) is 0. The van der Waals surface area contributed by atoms with Gasteiger partial charge in [-0.05, 0) is 61.1 Å². The highest BCUT2D eigenvalue weighted by Gasteiger charge is 2.46. The third-order valence-electron chi connectivity index (χ3n) is 10.4. The molecule has 4 atom stereocenters. The van der Waals surface area contributed by atoms with Crippen molar-refractivity contribution in [2.45, 2.75) is 75.5 Å². The minimum Gasteiger partial charge on any atom is -0.287 e. The predicted octanol–water partition coefficient (Wildman–Crippen LogP) is 6.89. The minimum atomic E-state index is -0.395. The van der Waals surface area contributed by atoms with Crippen LogP contribution < -0.4 is 0 Å². The van der Waals surface area contributed by atoms with Crippen molar-refractivity contribution in [3.8, 4) is 0 Å². The average molecular weight is 637 g/mol. The van der Waals surface area contributed by atoms with E-state index in [0.717, 1.165) is 49.7 Å². The molecule has 8 rings (SSSR count). The van der Waals surface area contributed by atoms with E-state index in [1.54, 1.807) is 24.3 Å². The van der Waals surface area contributed by atoms with Crippen molar-refractivity contribution < 1.29 is 19.2 Å². The molecule has 0 radical (unpaired) electrons. The highest BCUT2D eigenvalue weighted by atomic mass is 16.2. The molecule has 8 nitrogen and oxygen atoms in total. The lowest BCUT2D eigenvalue weighted by atomic mass is 9.82. The first-order valence-electron chi connectivity index (χ1n) is 17.0.